The maximum atomic E-state index is 5.63. The fourth-order valence-electron chi connectivity index (χ4n) is 1.12. The summed E-state index contributed by atoms with van der Waals surface area (Å²) in [5, 5.41) is 6.52. The van der Waals surface area contributed by atoms with Crippen molar-refractivity contribution < 1.29 is 0 Å². The molecule has 1 aromatic rings. The first-order valence-corrected chi connectivity index (χ1v) is 4.63. The summed E-state index contributed by atoms with van der Waals surface area (Å²) in [6.45, 7) is 5.02. The number of nitrogens with two attached hydrogens (primary N) is 1. The van der Waals surface area contributed by atoms with E-state index in [1.807, 2.05) is 24.3 Å². The summed E-state index contributed by atoms with van der Waals surface area (Å²) in [4.78, 5) is 0. The van der Waals surface area contributed by atoms with Crippen molar-refractivity contribution in [1.29, 1.82) is 0 Å². The van der Waals surface area contributed by atoms with Gasteiger partial charge in [0.25, 0.3) is 0 Å². The molecular formula is C10H17N3. The van der Waals surface area contributed by atoms with Gasteiger partial charge in [-0.05, 0) is 24.7 Å². The Morgan fingerprint density at radius 3 is 2.85 bits per heavy atom. The standard InChI is InChI=1S/C10H17N3/c1-2-12-6-7-13-10-5-3-4-9(11)8-10/h3-5,8,12-13H,2,6-7,11H2,1H3. The number of rotatable bonds is 5. The first-order chi connectivity index (χ1) is 6.33. The minimum Gasteiger partial charge on any atom is -0.399 e. The molecule has 0 atom stereocenters. The van der Waals surface area contributed by atoms with Crippen molar-refractivity contribution in [2.45, 2.75) is 6.92 Å². The molecule has 1 aromatic carbocycles. The van der Waals surface area contributed by atoms with E-state index >= 15 is 0 Å². The SMILES string of the molecule is CCNCCNc1cccc(N)c1. The van der Waals surface area contributed by atoms with Crippen molar-refractivity contribution in [3.05, 3.63) is 24.3 Å². The maximum absolute atomic E-state index is 5.63. The van der Waals surface area contributed by atoms with Gasteiger partial charge in [-0.15, -0.1) is 0 Å². The van der Waals surface area contributed by atoms with Gasteiger partial charge < -0.3 is 16.4 Å². The summed E-state index contributed by atoms with van der Waals surface area (Å²) in [6.07, 6.45) is 0. The third kappa shape index (κ3) is 3.80. The smallest absolute Gasteiger partial charge is 0.0361 e. The number of anilines is 2. The Hall–Kier alpha value is -1.22. The lowest BCUT2D eigenvalue weighted by molar-refractivity contribution is 0.739. The zero-order chi connectivity index (χ0) is 9.52. The van der Waals surface area contributed by atoms with Crippen LogP contribution in [0, 0.1) is 0 Å². The van der Waals surface area contributed by atoms with Crippen LogP contribution < -0.4 is 16.4 Å². The predicted molar refractivity (Wildman–Crippen MR) is 57.9 cm³/mol. The second kappa shape index (κ2) is 5.43. The van der Waals surface area contributed by atoms with Crippen LogP contribution in [0.5, 0.6) is 0 Å². The van der Waals surface area contributed by atoms with E-state index in [9.17, 15) is 0 Å². The number of likely N-dealkylation sites (N-methyl/N-ethyl adjacent to an activating group) is 1. The molecule has 0 radical (unpaired) electrons. The van der Waals surface area contributed by atoms with E-state index in [-0.39, 0.29) is 0 Å². The largest absolute Gasteiger partial charge is 0.399 e. The Kier molecular flexibility index (Phi) is 4.12. The lowest BCUT2D eigenvalue weighted by Crippen LogP contribution is -2.21. The first kappa shape index (κ1) is 9.86. The number of nitrogen functional groups attached to an aromatic ring is 1. The van der Waals surface area contributed by atoms with Crippen LogP contribution in [-0.4, -0.2) is 19.6 Å². The van der Waals surface area contributed by atoms with Gasteiger partial charge in [0, 0.05) is 24.5 Å². The van der Waals surface area contributed by atoms with Gasteiger partial charge >= 0.3 is 0 Å². The Balaban J connectivity index is 2.28. The molecule has 0 fully saturated rings. The normalized spacial score (nSPS) is 9.92. The van der Waals surface area contributed by atoms with Gasteiger partial charge in [-0.3, -0.25) is 0 Å². The van der Waals surface area contributed by atoms with E-state index < -0.39 is 0 Å². The highest BCUT2D eigenvalue weighted by molar-refractivity contribution is 5.53. The molecule has 0 amide bonds. The van der Waals surface area contributed by atoms with Crippen LogP contribution in [0.4, 0.5) is 11.4 Å². The summed E-state index contributed by atoms with van der Waals surface area (Å²) in [5.41, 5.74) is 7.51. The van der Waals surface area contributed by atoms with Crippen LogP contribution in [-0.2, 0) is 0 Å². The van der Waals surface area contributed by atoms with E-state index in [0.29, 0.717) is 0 Å². The van der Waals surface area contributed by atoms with Crippen molar-refractivity contribution in [3.63, 3.8) is 0 Å². The molecule has 0 aliphatic carbocycles. The van der Waals surface area contributed by atoms with Crippen molar-refractivity contribution in [3.8, 4) is 0 Å². The fourth-order valence-corrected chi connectivity index (χ4v) is 1.12. The van der Waals surface area contributed by atoms with Crippen LogP contribution >= 0.6 is 0 Å². The van der Waals surface area contributed by atoms with E-state index in [2.05, 4.69) is 17.6 Å². The van der Waals surface area contributed by atoms with Crippen LogP contribution in [0.1, 0.15) is 6.92 Å². The van der Waals surface area contributed by atoms with Gasteiger partial charge in [0.2, 0.25) is 0 Å². The van der Waals surface area contributed by atoms with Gasteiger partial charge in [-0.2, -0.15) is 0 Å². The van der Waals surface area contributed by atoms with Crippen LogP contribution in [0.15, 0.2) is 24.3 Å². The van der Waals surface area contributed by atoms with E-state index in [0.717, 1.165) is 31.0 Å². The predicted octanol–water partition coefficient (Wildman–Crippen LogP) is 1.29. The lowest BCUT2D eigenvalue weighted by Gasteiger charge is -2.06. The molecule has 1 rings (SSSR count). The Morgan fingerprint density at radius 1 is 1.31 bits per heavy atom. The van der Waals surface area contributed by atoms with E-state index in [1.165, 1.54) is 0 Å². The van der Waals surface area contributed by atoms with Gasteiger partial charge in [-0.25, -0.2) is 0 Å². The highest BCUT2D eigenvalue weighted by Gasteiger charge is 1.90. The molecule has 0 aromatic heterocycles. The molecule has 3 nitrogen and oxygen atoms in total. The van der Waals surface area contributed by atoms with Crippen molar-refractivity contribution in [2.24, 2.45) is 0 Å². The number of hydrogen-bond acceptors (Lipinski definition) is 3. The first-order valence-electron chi connectivity index (χ1n) is 4.63. The van der Waals surface area contributed by atoms with E-state index in [4.69, 9.17) is 5.73 Å². The summed E-state index contributed by atoms with van der Waals surface area (Å²) < 4.78 is 0. The van der Waals surface area contributed by atoms with Crippen LogP contribution in [0.2, 0.25) is 0 Å². The molecule has 0 spiro atoms. The molecular weight excluding hydrogens is 162 g/mol. The molecule has 0 saturated carbocycles. The van der Waals surface area contributed by atoms with E-state index in [1.54, 1.807) is 0 Å². The molecule has 0 aliphatic rings. The maximum Gasteiger partial charge on any atom is 0.0361 e. The highest BCUT2D eigenvalue weighted by atomic mass is 14.9. The lowest BCUT2D eigenvalue weighted by atomic mass is 10.3. The zero-order valence-corrected chi connectivity index (χ0v) is 8.01. The average molecular weight is 179 g/mol. The molecule has 0 saturated heterocycles. The van der Waals surface area contributed by atoms with Crippen LogP contribution in [0.25, 0.3) is 0 Å². The molecule has 3 heteroatoms. The number of benzene rings is 1. The quantitative estimate of drug-likeness (QED) is 0.471. The molecule has 0 unspecified atom stereocenters. The molecule has 0 aliphatic heterocycles. The van der Waals surface area contributed by atoms with Crippen molar-refractivity contribution in [1.82, 2.24) is 5.32 Å². The van der Waals surface area contributed by atoms with Gasteiger partial charge in [0.1, 0.15) is 0 Å². The average Bonchev–Trinajstić information content (AvgIpc) is 2.13. The Labute approximate surface area is 79.3 Å². The van der Waals surface area contributed by atoms with Gasteiger partial charge in [0.05, 0.1) is 0 Å². The van der Waals surface area contributed by atoms with Crippen molar-refractivity contribution in [2.75, 3.05) is 30.7 Å². The minimum absolute atomic E-state index is 0.799. The Morgan fingerprint density at radius 2 is 2.15 bits per heavy atom. The van der Waals surface area contributed by atoms with Gasteiger partial charge in [-0.1, -0.05) is 13.0 Å². The second-order valence-electron chi connectivity index (χ2n) is 2.91. The number of hydrogen-bond donors (Lipinski definition) is 3. The monoisotopic (exact) mass is 179 g/mol. The third-order valence-corrected chi connectivity index (χ3v) is 1.77. The second-order valence-corrected chi connectivity index (χ2v) is 2.91. The van der Waals surface area contributed by atoms with Crippen molar-refractivity contribution >= 4 is 11.4 Å². The van der Waals surface area contributed by atoms with Gasteiger partial charge in [0.15, 0.2) is 0 Å². The third-order valence-electron chi connectivity index (χ3n) is 1.77. The molecule has 0 heterocycles. The minimum atomic E-state index is 0.799. The molecule has 72 valence electrons. The fraction of sp³-hybridized carbons (Fsp3) is 0.400. The summed E-state index contributed by atoms with van der Waals surface area (Å²) >= 11 is 0. The zero-order valence-electron chi connectivity index (χ0n) is 8.01. The molecule has 0 bridgehead atoms. The summed E-state index contributed by atoms with van der Waals surface area (Å²) in [5.74, 6) is 0. The number of nitrogens with one attached hydrogen (secondary N) is 2. The molecule has 4 N–H and O–H groups in total. The van der Waals surface area contributed by atoms with Crippen LogP contribution in [0.3, 0.4) is 0 Å². The summed E-state index contributed by atoms with van der Waals surface area (Å²) in [6, 6.07) is 7.79. The topological polar surface area (TPSA) is 50.1 Å². The summed E-state index contributed by atoms with van der Waals surface area (Å²) in [7, 11) is 0. The molecule has 13 heavy (non-hydrogen) atoms. The Bertz CT molecular complexity index is 248. The highest BCUT2D eigenvalue weighted by Crippen LogP contribution is 2.10.